The van der Waals surface area contributed by atoms with E-state index in [9.17, 15) is 14.7 Å². The monoisotopic (exact) mass is 257 g/mol. The topological polar surface area (TPSA) is 66.8 Å². The van der Waals surface area contributed by atoms with Gasteiger partial charge in [-0.3, -0.25) is 9.59 Å². The van der Waals surface area contributed by atoms with Gasteiger partial charge in [-0.25, -0.2) is 0 Å². The first-order valence-corrected chi connectivity index (χ1v) is 6.64. The molecule has 0 aromatic rings. The molecule has 1 aliphatic heterocycles. The molecular formula is C13H23NO4. The Morgan fingerprint density at radius 1 is 1.39 bits per heavy atom. The average Bonchev–Trinajstić information content (AvgIpc) is 2.38. The van der Waals surface area contributed by atoms with E-state index in [0.29, 0.717) is 45.6 Å². The van der Waals surface area contributed by atoms with Crippen LogP contribution in [0.15, 0.2) is 0 Å². The Morgan fingerprint density at radius 2 is 2.11 bits per heavy atom. The van der Waals surface area contributed by atoms with Crippen LogP contribution in [0.3, 0.4) is 0 Å². The minimum atomic E-state index is -0.785. The molecule has 1 N–H and O–H groups in total. The van der Waals surface area contributed by atoms with Gasteiger partial charge in [0.1, 0.15) is 0 Å². The molecule has 1 heterocycles. The van der Waals surface area contributed by atoms with Crippen LogP contribution >= 0.6 is 0 Å². The third-order valence-electron chi connectivity index (χ3n) is 3.72. The Kier molecular flexibility index (Phi) is 5.59. The van der Waals surface area contributed by atoms with E-state index in [0.717, 1.165) is 6.42 Å². The first-order valence-electron chi connectivity index (χ1n) is 6.64. The molecule has 1 unspecified atom stereocenters. The first-order chi connectivity index (χ1) is 8.55. The van der Waals surface area contributed by atoms with Gasteiger partial charge in [0.2, 0.25) is 5.91 Å². The number of piperidine rings is 1. The summed E-state index contributed by atoms with van der Waals surface area (Å²) in [5.41, 5.74) is -0.750. The average molecular weight is 257 g/mol. The van der Waals surface area contributed by atoms with Crippen LogP contribution in [0.4, 0.5) is 0 Å². The molecule has 5 nitrogen and oxygen atoms in total. The highest BCUT2D eigenvalue weighted by Gasteiger charge is 2.41. The van der Waals surface area contributed by atoms with Crippen molar-refractivity contribution in [2.45, 2.75) is 39.5 Å². The number of carbonyl (C=O) groups is 2. The summed E-state index contributed by atoms with van der Waals surface area (Å²) >= 11 is 0. The molecule has 104 valence electrons. The Bertz CT molecular complexity index is 305. The third-order valence-corrected chi connectivity index (χ3v) is 3.72. The maximum Gasteiger partial charge on any atom is 0.311 e. The number of aliphatic carboxylic acids is 1. The summed E-state index contributed by atoms with van der Waals surface area (Å²) in [4.78, 5) is 25.0. The summed E-state index contributed by atoms with van der Waals surface area (Å²) in [5.74, 6) is -0.783. The third kappa shape index (κ3) is 3.45. The van der Waals surface area contributed by atoms with E-state index >= 15 is 0 Å². The fraction of sp³-hybridized carbons (Fsp3) is 0.846. The van der Waals surface area contributed by atoms with Crippen molar-refractivity contribution in [2.75, 3.05) is 26.3 Å². The Balaban J connectivity index is 2.57. The normalized spacial score (nSPS) is 24.0. The smallest absolute Gasteiger partial charge is 0.311 e. The fourth-order valence-corrected chi connectivity index (χ4v) is 2.42. The SMILES string of the molecule is CCOCCC(=O)N1CCCC(CC)(C(=O)O)C1. The molecule has 1 rings (SSSR count). The van der Waals surface area contributed by atoms with Crippen molar-refractivity contribution in [1.29, 1.82) is 0 Å². The van der Waals surface area contributed by atoms with Gasteiger partial charge >= 0.3 is 5.97 Å². The van der Waals surface area contributed by atoms with Crippen LogP contribution in [0.5, 0.6) is 0 Å². The molecule has 0 aromatic heterocycles. The van der Waals surface area contributed by atoms with Crippen molar-refractivity contribution in [1.82, 2.24) is 4.90 Å². The van der Waals surface area contributed by atoms with E-state index in [1.165, 1.54) is 0 Å². The maximum atomic E-state index is 12.0. The van der Waals surface area contributed by atoms with E-state index in [1.807, 2.05) is 13.8 Å². The molecule has 1 atom stereocenters. The Hall–Kier alpha value is -1.10. The molecule has 1 aliphatic rings. The first kappa shape index (κ1) is 15.0. The summed E-state index contributed by atoms with van der Waals surface area (Å²) < 4.78 is 5.16. The molecular weight excluding hydrogens is 234 g/mol. The van der Waals surface area contributed by atoms with Crippen LogP contribution < -0.4 is 0 Å². The largest absolute Gasteiger partial charge is 0.481 e. The van der Waals surface area contributed by atoms with E-state index in [1.54, 1.807) is 4.90 Å². The highest BCUT2D eigenvalue weighted by atomic mass is 16.5. The highest BCUT2D eigenvalue weighted by Crippen LogP contribution is 2.33. The van der Waals surface area contributed by atoms with Crippen LogP contribution in [0.25, 0.3) is 0 Å². The zero-order valence-corrected chi connectivity index (χ0v) is 11.3. The van der Waals surface area contributed by atoms with Crippen LogP contribution in [0.1, 0.15) is 39.5 Å². The molecule has 0 aliphatic carbocycles. The van der Waals surface area contributed by atoms with Gasteiger partial charge in [0.25, 0.3) is 0 Å². The number of carboxylic acid groups (broad SMARTS) is 1. The summed E-state index contributed by atoms with van der Waals surface area (Å²) in [6.07, 6.45) is 2.33. The lowest BCUT2D eigenvalue weighted by molar-refractivity contribution is -0.155. The van der Waals surface area contributed by atoms with Crippen LogP contribution in [0.2, 0.25) is 0 Å². The number of hydrogen-bond acceptors (Lipinski definition) is 3. The summed E-state index contributed by atoms with van der Waals surface area (Å²) in [6, 6.07) is 0. The molecule has 0 aromatic carbocycles. The van der Waals surface area contributed by atoms with E-state index < -0.39 is 11.4 Å². The summed E-state index contributed by atoms with van der Waals surface area (Å²) in [6.45, 7) is 5.78. The molecule has 0 bridgehead atoms. The van der Waals surface area contributed by atoms with Gasteiger partial charge < -0.3 is 14.7 Å². The van der Waals surface area contributed by atoms with Crippen molar-refractivity contribution in [3.05, 3.63) is 0 Å². The number of hydrogen-bond donors (Lipinski definition) is 1. The van der Waals surface area contributed by atoms with Gasteiger partial charge in [-0.15, -0.1) is 0 Å². The van der Waals surface area contributed by atoms with Crippen molar-refractivity contribution in [3.63, 3.8) is 0 Å². The van der Waals surface area contributed by atoms with Gasteiger partial charge in [-0.05, 0) is 26.2 Å². The lowest BCUT2D eigenvalue weighted by atomic mass is 9.77. The number of carboxylic acids is 1. The minimum Gasteiger partial charge on any atom is -0.481 e. The molecule has 1 saturated heterocycles. The summed E-state index contributed by atoms with van der Waals surface area (Å²) in [5, 5.41) is 9.34. The van der Waals surface area contributed by atoms with Crippen LogP contribution in [-0.4, -0.2) is 48.2 Å². The second kappa shape index (κ2) is 6.73. The zero-order chi connectivity index (χ0) is 13.6. The highest BCUT2D eigenvalue weighted by molar-refractivity contribution is 5.79. The van der Waals surface area contributed by atoms with Crippen LogP contribution in [0, 0.1) is 5.41 Å². The lowest BCUT2D eigenvalue weighted by Crippen LogP contribution is -2.49. The standard InChI is InChI=1S/C13H23NO4/c1-3-13(12(16)17)7-5-8-14(10-13)11(15)6-9-18-4-2/h3-10H2,1-2H3,(H,16,17). The minimum absolute atomic E-state index is 0.00206. The second-order valence-corrected chi connectivity index (χ2v) is 4.80. The van der Waals surface area contributed by atoms with Crippen molar-refractivity contribution < 1.29 is 19.4 Å². The predicted octanol–water partition coefficient (Wildman–Crippen LogP) is 1.52. The van der Waals surface area contributed by atoms with E-state index in [4.69, 9.17) is 4.74 Å². The van der Waals surface area contributed by atoms with Gasteiger partial charge in [0, 0.05) is 19.7 Å². The zero-order valence-electron chi connectivity index (χ0n) is 11.3. The van der Waals surface area contributed by atoms with Gasteiger partial charge in [0.05, 0.1) is 18.4 Å². The number of carbonyl (C=O) groups excluding carboxylic acids is 1. The maximum absolute atomic E-state index is 12.0. The fourth-order valence-electron chi connectivity index (χ4n) is 2.42. The van der Waals surface area contributed by atoms with Crippen molar-refractivity contribution in [3.8, 4) is 0 Å². The quantitative estimate of drug-likeness (QED) is 0.732. The summed E-state index contributed by atoms with van der Waals surface area (Å²) in [7, 11) is 0. The predicted molar refractivity (Wildman–Crippen MR) is 67.3 cm³/mol. The van der Waals surface area contributed by atoms with Crippen molar-refractivity contribution >= 4 is 11.9 Å². The second-order valence-electron chi connectivity index (χ2n) is 4.80. The van der Waals surface area contributed by atoms with Crippen molar-refractivity contribution in [2.24, 2.45) is 5.41 Å². The van der Waals surface area contributed by atoms with Gasteiger partial charge in [-0.2, -0.15) is 0 Å². The number of ether oxygens (including phenoxy) is 1. The Morgan fingerprint density at radius 3 is 2.67 bits per heavy atom. The number of likely N-dealkylation sites (tertiary alicyclic amines) is 1. The van der Waals surface area contributed by atoms with Gasteiger partial charge in [0.15, 0.2) is 0 Å². The number of rotatable bonds is 6. The molecule has 18 heavy (non-hydrogen) atoms. The number of nitrogens with zero attached hydrogens (tertiary/aromatic N) is 1. The molecule has 0 saturated carbocycles. The van der Waals surface area contributed by atoms with Gasteiger partial charge in [-0.1, -0.05) is 6.92 Å². The lowest BCUT2D eigenvalue weighted by Gasteiger charge is -2.39. The Labute approximate surface area is 108 Å². The molecule has 1 amide bonds. The molecule has 1 fully saturated rings. The van der Waals surface area contributed by atoms with E-state index in [-0.39, 0.29) is 5.91 Å². The van der Waals surface area contributed by atoms with Crippen LogP contribution in [-0.2, 0) is 14.3 Å². The molecule has 0 spiro atoms. The molecule has 0 radical (unpaired) electrons. The molecule has 5 heteroatoms. The number of amides is 1. The van der Waals surface area contributed by atoms with E-state index in [2.05, 4.69) is 0 Å².